The van der Waals surface area contributed by atoms with Crippen LogP contribution < -0.4 is 10.2 Å². The normalized spacial score (nSPS) is 18.0. The molecule has 0 aliphatic carbocycles. The second-order valence-electron chi connectivity index (χ2n) is 7.77. The van der Waals surface area contributed by atoms with Crippen molar-refractivity contribution >= 4 is 50.0 Å². The minimum atomic E-state index is -0.122. The number of hydrogen-bond donors (Lipinski definition) is 1. The van der Waals surface area contributed by atoms with Crippen LogP contribution in [0.3, 0.4) is 0 Å². The molecule has 0 saturated carbocycles. The van der Waals surface area contributed by atoms with Gasteiger partial charge in [0.15, 0.2) is 0 Å². The van der Waals surface area contributed by atoms with Gasteiger partial charge >= 0.3 is 0 Å². The number of carbonyl (C=O) groups excluding carboxylic acids is 1. The zero-order valence-corrected chi connectivity index (χ0v) is 17.9. The topological polar surface area (TPSA) is 35.6 Å². The third-order valence-corrected chi connectivity index (χ3v) is 8.11. The number of amides is 1. The van der Waals surface area contributed by atoms with Crippen LogP contribution in [0.25, 0.3) is 10.1 Å². The van der Waals surface area contributed by atoms with Crippen LogP contribution >= 0.6 is 22.7 Å². The molecule has 7 heteroatoms. The van der Waals surface area contributed by atoms with Gasteiger partial charge in [0.2, 0.25) is 5.91 Å². The van der Waals surface area contributed by atoms with E-state index < -0.39 is 0 Å². The first-order chi connectivity index (χ1) is 14.2. The molecule has 0 radical (unpaired) electrons. The maximum absolute atomic E-state index is 14.0. The zero-order chi connectivity index (χ0) is 19.8. The fourth-order valence-corrected chi connectivity index (χ4v) is 6.39. The van der Waals surface area contributed by atoms with Crippen molar-refractivity contribution in [3.63, 3.8) is 0 Å². The maximum atomic E-state index is 14.0. The summed E-state index contributed by atoms with van der Waals surface area (Å²) in [5.41, 5.74) is 2.20. The van der Waals surface area contributed by atoms with Crippen molar-refractivity contribution in [3.05, 3.63) is 45.2 Å². The molecule has 29 heavy (non-hydrogen) atoms. The molecule has 4 heterocycles. The molecule has 3 aromatic rings. The van der Waals surface area contributed by atoms with Crippen LogP contribution in [0.2, 0.25) is 0 Å². The number of nitrogens with one attached hydrogen (secondary N) is 1. The van der Waals surface area contributed by atoms with E-state index in [1.807, 2.05) is 17.4 Å². The van der Waals surface area contributed by atoms with Crippen molar-refractivity contribution in [1.82, 2.24) is 4.90 Å². The Kier molecular flexibility index (Phi) is 5.28. The number of hydrogen-bond acceptors (Lipinski definition) is 5. The summed E-state index contributed by atoms with van der Waals surface area (Å²) in [6.07, 6.45) is 3.61. The molecule has 5 rings (SSSR count). The van der Waals surface area contributed by atoms with Crippen molar-refractivity contribution in [3.8, 4) is 0 Å². The summed E-state index contributed by atoms with van der Waals surface area (Å²) >= 11 is 3.35. The summed E-state index contributed by atoms with van der Waals surface area (Å²) in [5, 5.41) is 6.17. The minimum absolute atomic E-state index is 0.122. The van der Waals surface area contributed by atoms with Gasteiger partial charge in [0, 0.05) is 59.7 Å². The van der Waals surface area contributed by atoms with Crippen LogP contribution in [0.1, 0.15) is 22.6 Å². The van der Waals surface area contributed by atoms with Gasteiger partial charge in [0.25, 0.3) is 0 Å². The Balaban J connectivity index is 1.18. The average molecular weight is 430 g/mol. The molecule has 2 aromatic heterocycles. The number of aryl methyl sites for hydroxylation is 1. The van der Waals surface area contributed by atoms with Crippen molar-refractivity contribution in [1.29, 1.82) is 0 Å². The van der Waals surface area contributed by atoms with Gasteiger partial charge in [-0.1, -0.05) is 12.1 Å². The number of nitrogens with zero attached hydrogens (tertiary/aromatic N) is 2. The van der Waals surface area contributed by atoms with Gasteiger partial charge in [-0.15, -0.1) is 22.7 Å². The predicted molar refractivity (Wildman–Crippen MR) is 120 cm³/mol. The summed E-state index contributed by atoms with van der Waals surface area (Å²) in [5.74, 6) is 0.0213. The fraction of sp³-hybridized carbons (Fsp3) is 0.409. The van der Waals surface area contributed by atoms with E-state index in [-0.39, 0.29) is 11.7 Å². The molecule has 4 nitrogen and oxygen atoms in total. The van der Waals surface area contributed by atoms with E-state index >= 15 is 0 Å². The first kappa shape index (κ1) is 19.0. The molecule has 1 saturated heterocycles. The van der Waals surface area contributed by atoms with E-state index in [0.717, 1.165) is 67.8 Å². The molecule has 1 aromatic carbocycles. The second-order valence-corrected chi connectivity index (χ2v) is 9.87. The molecule has 0 atom stereocenters. The molecule has 0 bridgehead atoms. The van der Waals surface area contributed by atoms with E-state index in [0.29, 0.717) is 6.42 Å². The lowest BCUT2D eigenvalue weighted by atomic mass is 10.2. The van der Waals surface area contributed by atoms with Crippen molar-refractivity contribution < 1.29 is 9.18 Å². The van der Waals surface area contributed by atoms with Gasteiger partial charge in [-0.25, -0.2) is 4.39 Å². The monoisotopic (exact) mass is 429 g/mol. The molecule has 2 aliphatic rings. The molecule has 1 N–H and O–H groups in total. The van der Waals surface area contributed by atoms with E-state index in [1.54, 1.807) is 6.07 Å². The number of rotatable bonds is 4. The van der Waals surface area contributed by atoms with Crippen molar-refractivity contribution in [2.45, 2.75) is 25.7 Å². The summed E-state index contributed by atoms with van der Waals surface area (Å²) in [7, 11) is 0. The third kappa shape index (κ3) is 3.91. The third-order valence-electron chi connectivity index (χ3n) is 5.86. The van der Waals surface area contributed by atoms with Gasteiger partial charge in [0.05, 0.1) is 16.1 Å². The van der Waals surface area contributed by atoms with Crippen LogP contribution in [-0.4, -0.2) is 43.5 Å². The Morgan fingerprint density at radius 1 is 1.14 bits per heavy atom. The summed E-state index contributed by atoms with van der Waals surface area (Å²) in [6.45, 7) is 5.03. The molecule has 1 fully saturated rings. The van der Waals surface area contributed by atoms with Crippen LogP contribution in [0.5, 0.6) is 0 Å². The Morgan fingerprint density at radius 2 is 2.00 bits per heavy atom. The number of thiophene rings is 2. The van der Waals surface area contributed by atoms with Gasteiger partial charge in [0.1, 0.15) is 5.82 Å². The summed E-state index contributed by atoms with van der Waals surface area (Å²) in [6, 6.07) is 7.53. The van der Waals surface area contributed by atoms with Gasteiger partial charge in [-0.05, 0) is 31.4 Å². The first-order valence-electron chi connectivity index (χ1n) is 10.2. The molecule has 2 aliphatic heterocycles. The SMILES string of the molecule is O=C1CCCc2sc(CCN3CCN(c4csc5c(F)cccc45)CC3)cc2N1. The summed E-state index contributed by atoms with van der Waals surface area (Å²) < 4.78 is 14.7. The van der Waals surface area contributed by atoms with Crippen LogP contribution in [0, 0.1) is 5.82 Å². The highest BCUT2D eigenvalue weighted by Crippen LogP contribution is 2.35. The Labute approximate surface area is 177 Å². The van der Waals surface area contributed by atoms with Gasteiger partial charge < -0.3 is 10.2 Å². The highest BCUT2D eigenvalue weighted by atomic mass is 32.1. The Hall–Kier alpha value is -1.96. The first-order valence-corrected chi connectivity index (χ1v) is 11.9. The summed E-state index contributed by atoms with van der Waals surface area (Å²) in [4.78, 5) is 19.3. The van der Waals surface area contributed by atoms with Crippen LogP contribution in [-0.2, 0) is 17.6 Å². The predicted octanol–water partition coefficient (Wildman–Crippen LogP) is 4.74. The lowest BCUT2D eigenvalue weighted by Gasteiger charge is -2.35. The number of benzene rings is 1. The fourth-order valence-electron chi connectivity index (χ4n) is 4.26. The smallest absolute Gasteiger partial charge is 0.224 e. The minimum Gasteiger partial charge on any atom is -0.368 e. The van der Waals surface area contributed by atoms with E-state index in [4.69, 9.17) is 0 Å². The maximum Gasteiger partial charge on any atom is 0.224 e. The molecular weight excluding hydrogens is 405 g/mol. The molecule has 0 unspecified atom stereocenters. The quantitative estimate of drug-likeness (QED) is 0.651. The standard InChI is InChI=1S/C22H24FN3OS2/c23-17-4-1-3-16-19(14-28-22(16)17)26-11-9-25(10-12-26)8-7-15-13-18-20(29-15)5-2-6-21(27)24-18/h1,3-4,13-14H,2,5-12H2,(H,24,27). The van der Waals surface area contributed by atoms with E-state index in [9.17, 15) is 9.18 Å². The van der Waals surface area contributed by atoms with Crippen molar-refractivity contribution in [2.75, 3.05) is 42.9 Å². The molecule has 0 spiro atoms. The number of fused-ring (bicyclic) bond motifs is 2. The van der Waals surface area contributed by atoms with Crippen LogP contribution in [0.15, 0.2) is 29.6 Å². The number of anilines is 2. The number of piperazine rings is 1. The Morgan fingerprint density at radius 3 is 2.86 bits per heavy atom. The largest absolute Gasteiger partial charge is 0.368 e. The number of carbonyl (C=O) groups is 1. The second kappa shape index (κ2) is 8.05. The lowest BCUT2D eigenvalue weighted by Crippen LogP contribution is -2.46. The van der Waals surface area contributed by atoms with E-state index in [2.05, 4.69) is 26.6 Å². The number of halogens is 1. The molecule has 152 valence electrons. The lowest BCUT2D eigenvalue weighted by molar-refractivity contribution is -0.116. The van der Waals surface area contributed by atoms with Gasteiger partial charge in [-0.2, -0.15) is 0 Å². The highest BCUT2D eigenvalue weighted by molar-refractivity contribution is 7.17. The molecule has 1 amide bonds. The van der Waals surface area contributed by atoms with E-state index in [1.165, 1.54) is 32.8 Å². The zero-order valence-electron chi connectivity index (χ0n) is 16.2. The Bertz CT molecular complexity index is 1040. The molecular formula is C22H24FN3OS2. The van der Waals surface area contributed by atoms with Crippen LogP contribution in [0.4, 0.5) is 15.8 Å². The highest BCUT2D eigenvalue weighted by Gasteiger charge is 2.21. The van der Waals surface area contributed by atoms with Crippen molar-refractivity contribution in [2.24, 2.45) is 0 Å². The average Bonchev–Trinajstić information content (AvgIpc) is 3.28. The van der Waals surface area contributed by atoms with Gasteiger partial charge in [-0.3, -0.25) is 9.69 Å².